The third-order valence-electron chi connectivity index (χ3n) is 4.57. The van der Waals surface area contributed by atoms with E-state index < -0.39 is 0 Å². The molecule has 4 nitrogen and oxygen atoms in total. The first-order valence-corrected chi connectivity index (χ1v) is 8.70. The van der Waals surface area contributed by atoms with Crippen LogP contribution in [-0.4, -0.2) is 37.6 Å². The summed E-state index contributed by atoms with van der Waals surface area (Å²) in [7, 11) is 3.75. The third-order valence-corrected chi connectivity index (χ3v) is 4.57. The van der Waals surface area contributed by atoms with Gasteiger partial charge >= 0.3 is 0 Å². The fourth-order valence-corrected chi connectivity index (χ4v) is 3.24. The van der Waals surface area contributed by atoms with E-state index in [9.17, 15) is 4.79 Å². The first-order valence-electron chi connectivity index (χ1n) is 8.70. The van der Waals surface area contributed by atoms with Crippen molar-refractivity contribution in [1.82, 2.24) is 10.2 Å². The zero-order chi connectivity index (χ0) is 16.7. The lowest BCUT2D eigenvalue weighted by molar-refractivity contribution is -0.122. The Balaban J connectivity index is 1.77. The van der Waals surface area contributed by atoms with E-state index in [-0.39, 0.29) is 5.91 Å². The Bertz CT molecular complexity index is 510. The van der Waals surface area contributed by atoms with Gasteiger partial charge in [0.2, 0.25) is 5.91 Å². The molecule has 0 spiro atoms. The lowest BCUT2D eigenvalue weighted by atomic mass is 9.95. The molecule has 0 bridgehead atoms. The van der Waals surface area contributed by atoms with Crippen molar-refractivity contribution < 1.29 is 9.53 Å². The van der Waals surface area contributed by atoms with E-state index in [4.69, 9.17) is 4.74 Å². The highest BCUT2D eigenvalue weighted by Crippen LogP contribution is 2.21. The molecule has 0 atom stereocenters. The molecule has 0 unspecified atom stereocenters. The smallest absolute Gasteiger partial charge is 0.221 e. The average molecular weight is 318 g/mol. The Labute approximate surface area is 140 Å². The number of methoxy groups -OCH3 is 1. The zero-order valence-corrected chi connectivity index (χ0v) is 14.7. The number of nitrogens with zero attached hydrogens (tertiary/aromatic N) is 1. The van der Waals surface area contributed by atoms with Crippen LogP contribution in [0.1, 0.15) is 49.7 Å². The summed E-state index contributed by atoms with van der Waals surface area (Å²) in [5.74, 6) is 1.09. The summed E-state index contributed by atoms with van der Waals surface area (Å²) in [5.41, 5.74) is 2.40. The molecule has 1 aromatic rings. The molecular weight excluding hydrogens is 288 g/mol. The minimum Gasteiger partial charge on any atom is -0.496 e. The summed E-state index contributed by atoms with van der Waals surface area (Å²) in [6.45, 7) is 3.64. The minimum absolute atomic E-state index is 0.181. The van der Waals surface area contributed by atoms with Crippen LogP contribution in [0.5, 0.6) is 5.75 Å². The predicted molar refractivity (Wildman–Crippen MR) is 93.7 cm³/mol. The van der Waals surface area contributed by atoms with Crippen molar-refractivity contribution in [3.05, 3.63) is 29.3 Å². The summed E-state index contributed by atoms with van der Waals surface area (Å²) in [5, 5.41) is 3.18. The van der Waals surface area contributed by atoms with Crippen molar-refractivity contribution in [2.75, 3.05) is 20.7 Å². The van der Waals surface area contributed by atoms with Gasteiger partial charge in [0, 0.05) is 31.1 Å². The number of carbonyl (C=O) groups is 1. The molecule has 0 saturated heterocycles. The fourth-order valence-electron chi connectivity index (χ4n) is 3.24. The Kier molecular flexibility index (Phi) is 6.90. The standard InChI is InChI=1S/C19H30N2O2/c1-15-9-10-18(23-3)16(13-15)14-21(2)12-11-19(22)20-17-7-5-4-6-8-17/h9-10,13,17H,4-8,11-12,14H2,1-3H3,(H,20,22). The monoisotopic (exact) mass is 318 g/mol. The average Bonchev–Trinajstić information content (AvgIpc) is 2.54. The maximum Gasteiger partial charge on any atom is 0.221 e. The second kappa shape index (κ2) is 8.92. The number of rotatable bonds is 7. The van der Waals surface area contributed by atoms with Crippen molar-refractivity contribution in [3.63, 3.8) is 0 Å². The largest absolute Gasteiger partial charge is 0.496 e. The van der Waals surface area contributed by atoms with E-state index in [1.165, 1.54) is 30.4 Å². The van der Waals surface area contributed by atoms with Gasteiger partial charge in [-0.25, -0.2) is 0 Å². The Hall–Kier alpha value is -1.55. The van der Waals surface area contributed by atoms with E-state index in [0.717, 1.165) is 31.7 Å². The maximum absolute atomic E-state index is 12.1. The molecule has 23 heavy (non-hydrogen) atoms. The molecule has 1 saturated carbocycles. The lowest BCUT2D eigenvalue weighted by Crippen LogP contribution is -2.37. The summed E-state index contributed by atoms with van der Waals surface area (Å²) in [4.78, 5) is 14.3. The van der Waals surface area contributed by atoms with Gasteiger partial charge in [-0.05, 0) is 32.9 Å². The molecular formula is C19H30N2O2. The number of hydrogen-bond donors (Lipinski definition) is 1. The number of aryl methyl sites for hydroxylation is 1. The van der Waals surface area contributed by atoms with Gasteiger partial charge in [-0.15, -0.1) is 0 Å². The van der Waals surface area contributed by atoms with E-state index in [1.807, 2.05) is 6.07 Å². The van der Waals surface area contributed by atoms with Crippen LogP contribution in [0.3, 0.4) is 0 Å². The molecule has 4 heteroatoms. The molecule has 1 aliphatic carbocycles. The van der Waals surface area contributed by atoms with Gasteiger partial charge in [0.05, 0.1) is 7.11 Å². The van der Waals surface area contributed by atoms with Crippen molar-refractivity contribution in [1.29, 1.82) is 0 Å². The van der Waals surface area contributed by atoms with Gasteiger partial charge in [-0.3, -0.25) is 4.79 Å². The second-order valence-corrected chi connectivity index (χ2v) is 6.71. The van der Waals surface area contributed by atoms with E-state index in [0.29, 0.717) is 12.5 Å². The molecule has 0 heterocycles. The Morgan fingerprint density at radius 2 is 2.04 bits per heavy atom. The number of carbonyl (C=O) groups excluding carboxylic acids is 1. The topological polar surface area (TPSA) is 41.6 Å². The normalized spacial score (nSPS) is 15.7. The third kappa shape index (κ3) is 5.87. The van der Waals surface area contributed by atoms with Gasteiger partial charge in [0.1, 0.15) is 5.75 Å². The van der Waals surface area contributed by atoms with Crippen molar-refractivity contribution in [2.24, 2.45) is 0 Å². The Morgan fingerprint density at radius 3 is 2.74 bits per heavy atom. The molecule has 1 amide bonds. The summed E-state index contributed by atoms with van der Waals surface area (Å²) >= 11 is 0. The van der Waals surface area contributed by atoms with Crippen LogP contribution in [0.15, 0.2) is 18.2 Å². The quantitative estimate of drug-likeness (QED) is 0.839. The van der Waals surface area contributed by atoms with Crippen LogP contribution in [0.2, 0.25) is 0 Å². The molecule has 1 fully saturated rings. The molecule has 1 aliphatic rings. The van der Waals surface area contributed by atoms with Crippen LogP contribution in [-0.2, 0) is 11.3 Å². The van der Waals surface area contributed by atoms with Crippen LogP contribution >= 0.6 is 0 Å². The van der Waals surface area contributed by atoms with Crippen molar-refractivity contribution in [2.45, 2.75) is 58.0 Å². The van der Waals surface area contributed by atoms with Crippen LogP contribution in [0.4, 0.5) is 0 Å². The minimum atomic E-state index is 0.181. The van der Waals surface area contributed by atoms with Crippen molar-refractivity contribution >= 4 is 5.91 Å². The van der Waals surface area contributed by atoms with Gasteiger partial charge < -0.3 is 15.0 Å². The van der Waals surface area contributed by atoms with Gasteiger partial charge in [-0.1, -0.05) is 37.0 Å². The molecule has 1 aromatic carbocycles. The van der Waals surface area contributed by atoms with Gasteiger partial charge in [-0.2, -0.15) is 0 Å². The van der Waals surface area contributed by atoms with Crippen molar-refractivity contribution in [3.8, 4) is 5.75 Å². The Morgan fingerprint density at radius 1 is 1.30 bits per heavy atom. The molecule has 2 rings (SSSR count). The first-order chi connectivity index (χ1) is 11.1. The first kappa shape index (κ1) is 17.8. The number of amides is 1. The van der Waals surface area contributed by atoms with Crippen LogP contribution in [0.25, 0.3) is 0 Å². The zero-order valence-electron chi connectivity index (χ0n) is 14.7. The summed E-state index contributed by atoms with van der Waals surface area (Å²) < 4.78 is 5.42. The highest BCUT2D eigenvalue weighted by atomic mass is 16.5. The number of ether oxygens (including phenoxy) is 1. The lowest BCUT2D eigenvalue weighted by Gasteiger charge is -2.23. The molecule has 0 aromatic heterocycles. The molecule has 0 aliphatic heterocycles. The second-order valence-electron chi connectivity index (χ2n) is 6.71. The predicted octanol–water partition coefficient (Wildman–Crippen LogP) is 3.27. The van der Waals surface area contributed by atoms with Gasteiger partial charge in [0.25, 0.3) is 0 Å². The number of benzene rings is 1. The molecule has 128 valence electrons. The van der Waals surface area contributed by atoms with Crippen LogP contribution in [0, 0.1) is 6.92 Å². The number of nitrogens with one attached hydrogen (secondary N) is 1. The number of hydrogen-bond acceptors (Lipinski definition) is 3. The SMILES string of the molecule is COc1ccc(C)cc1CN(C)CCC(=O)NC1CCCCC1. The summed E-state index contributed by atoms with van der Waals surface area (Å²) in [6, 6.07) is 6.62. The van der Waals surface area contributed by atoms with E-state index in [1.54, 1.807) is 7.11 Å². The summed E-state index contributed by atoms with van der Waals surface area (Å²) in [6.07, 6.45) is 6.65. The van der Waals surface area contributed by atoms with E-state index in [2.05, 4.69) is 36.3 Å². The van der Waals surface area contributed by atoms with E-state index >= 15 is 0 Å². The molecule has 1 N–H and O–H groups in total. The van der Waals surface area contributed by atoms with Crippen LogP contribution < -0.4 is 10.1 Å². The highest BCUT2D eigenvalue weighted by molar-refractivity contribution is 5.76. The van der Waals surface area contributed by atoms with Gasteiger partial charge in [0.15, 0.2) is 0 Å². The maximum atomic E-state index is 12.1. The molecule has 0 radical (unpaired) electrons. The highest BCUT2D eigenvalue weighted by Gasteiger charge is 2.16. The fraction of sp³-hybridized carbons (Fsp3) is 0.632.